The smallest absolute Gasteiger partial charge is 0.248 e. The van der Waals surface area contributed by atoms with Crippen molar-refractivity contribution in [1.29, 1.82) is 0 Å². The summed E-state index contributed by atoms with van der Waals surface area (Å²) in [6.07, 6.45) is -0.0416. The van der Waals surface area contributed by atoms with Gasteiger partial charge in [-0.1, -0.05) is 37.0 Å². The van der Waals surface area contributed by atoms with E-state index in [4.69, 9.17) is 23.2 Å². The largest absolute Gasteiger partial charge is 0.508 e. The van der Waals surface area contributed by atoms with E-state index in [2.05, 4.69) is 5.32 Å². The fraction of sp³-hybridized carbons (Fsp3) is 0.556. The zero-order valence-electron chi connectivity index (χ0n) is 14.6. The summed E-state index contributed by atoms with van der Waals surface area (Å²) in [5, 5.41) is 23.7. The van der Waals surface area contributed by atoms with E-state index in [1.165, 1.54) is 17.0 Å². The average molecular weight is 401 g/mol. The number of carbonyl (C=O) groups excluding carboxylic acids is 2. The quantitative estimate of drug-likeness (QED) is 0.725. The number of aliphatic hydroxyl groups excluding tert-OH is 1. The van der Waals surface area contributed by atoms with Gasteiger partial charge in [0.2, 0.25) is 11.8 Å². The number of halogens is 2. The summed E-state index contributed by atoms with van der Waals surface area (Å²) in [4.78, 5) is 26.9. The van der Waals surface area contributed by atoms with E-state index in [0.717, 1.165) is 0 Å². The number of hydrogen-bond donors (Lipinski definition) is 3. The molecular formula is C18H22Cl2N2O4. The molecule has 142 valence electrons. The maximum atomic E-state index is 12.7. The molecule has 2 amide bonds. The number of amides is 2. The van der Waals surface area contributed by atoms with Gasteiger partial charge in [0.05, 0.1) is 16.1 Å². The molecule has 6 nitrogen and oxygen atoms in total. The first-order valence-electron chi connectivity index (χ1n) is 8.68. The molecular weight excluding hydrogens is 379 g/mol. The van der Waals surface area contributed by atoms with Gasteiger partial charge in [-0.2, -0.15) is 0 Å². The van der Waals surface area contributed by atoms with Crippen LogP contribution in [0, 0.1) is 5.92 Å². The Morgan fingerprint density at radius 1 is 1.27 bits per heavy atom. The third-order valence-electron chi connectivity index (χ3n) is 5.29. The van der Waals surface area contributed by atoms with Crippen molar-refractivity contribution in [2.24, 2.45) is 5.92 Å². The van der Waals surface area contributed by atoms with E-state index >= 15 is 0 Å². The number of phenols is 1. The first-order valence-corrected chi connectivity index (χ1v) is 9.43. The zero-order chi connectivity index (χ0) is 19.2. The SMILES string of the molecule is CC(C)[C@H](O)[C@H]1NC(=O)[C@@H]2C[C@H](c3c(O)ccc(Cl)c3Cl)CCN2C1=O. The van der Waals surface area contributed by atoms with Crippen LogP contribution >= 0.6 is 23.2 Å². The van der Waals surface area contributed by atoms with Crippen LogP contribution in [0.1, 0.15) is 38.2 Å². The number of piperazine rings is 1. The molecule has 0 unspecified atom stereocenters. The summed E-state index contributed by atoms with van der Waals surface area (Å²) in [7, 11) is 0. The van der Waals surface area contributed by atoms with Gasteiger partial charge in [-0.15, -0.1) is 0 Å². The molecule has 1 aromatic rings. The molecule has 2 aliphatic heterocycles. The minimum Gasteiger partial charge on any atom is -0.508 e. The Morgan fingerprint density at radius 2 is 1.96 bits per heavy atom. The highest BCUT2D eigenvalue weighted by Crippen LogP contribution is 2.43. The fourth-order valence-electron chi connectivity index (χ4n) is 3.79. The lowest BCUT2D eigenvalue weighted by Gasteiger charge is -2.45. The van der Waals surface area contributed by atoms with Crippen LogP contribution in [0.5, 0.6) is 5.75 Å². The lowest BCUT2D eigenvalue weighted by Crippen LogP contribution is -2.68. The van der Waals surface area contributed by atoms with Crippen molar-refractivity contribution >= 4 is 35.0 Å². The first kappa shape index (κ1) is 19.3. The Labute approximate surface area is 162 Å². The van der Waals surface area contributed by atoms with Crippen molar-refractivity contribution in [3.8, 4) is 5.75 Å². The fourth-order valence-corrected chi connectivity index (χ4v) is 4.27. The molecule has 26 heavy (non-hydrogen) atoms. The van der Waals surface area contributed by atoms with Crippen LogP contribution in [-0.2, 0) is 9.59 Å². The van der Waals surface area contributed by atoms with Crippen molar-refractivity contribution in [2.45, 2.75) is 50.8 Å². The van der Waals surface area contributed by atoms with Crippen molar-refractivity contribution in [3.05, 3.63) is 27.7 Å². The van der Waals surface area contributed by atoms with E-state index in [9.17, 15) is 19.8 Å². The van der Waals surface area contributed by atoms with Crippen LogP contribution in [0.2, 0.25) is 10.0 Å². The third kappa shape index (κ3) is 3.26. The third-order valence-corrected chi connectivity index (χ3v) is 6.11. The van der Waals surface area contributed by atoms with Crippen LogP contribution in [0.4, 0.5) is 0 Å². The highest BCUT2D eigenvalue weighted by molar-refractivity contribution is 6.42. The van der Waals surface area contributed by atoms with Gasteiger partial charge < -0.3 is 20.4 Å². The van der Waals surface area contributed by atoms with E-state index in [1.807, 2.05) is 0 Å². The molecule has 0 aliphatic carbocycles. The monoisotopic (exact) mass is 400 g/mol. The number of aliphatic hydroxyl groups is 1. The van der Waals surface area contributed by atoms with Gasteiger partial charge in [0.15, 0.2) is 0 Å². The van der Waals surface area contributed by atoms with E-state index in [0.29, 0.717) is 30.0 Å². The molecule has 2 aliphatic rings. The molecule has 0 radical (unpaired) electrons. The van der Waals surface area contributed by atoms with Crippen LogP contribution in [0.3, 0.4) is 0 Å². The van der Waals surface area contributed by atoms with Crippen molar-refractivity contribution in [3.63, 3.8) is 0 Å². The number of rotatable bonds is 3. The molecule has 3 N–H and O–H groups in total. The van der Waals surface area contributed by atoms with Gasteiger partial charge >= 0.3 is 0 Å². The van der Waals surface area contributed by atoms with Crippen molar-refractivity contribution in [1.82, 2.24) is 10.2 Å². The second-order valence-electron chi connectivity index (χ2n) is 7.28. The zero-order valence-corrected chi connectivity index (χ0v) is 16.1. The Balaban J connectivity index is 1.84. The predicted octanol–water partition coefficient (Wildman–Crippen LogP) is 2.29. The standard InChI is InChI=1S/C18H22Cl2N2O4/c1-8(2)16(24)15-18(26)22-6-5-9(7-11(22)17(25)21-15)13-12(23)4-3-10(19)14(13)20/h3-4,8-9,11,15-16,23-24H,5-7H2,1-2H3,(H,21,25)/t9-,11+,15-,16+/m1/s1. The number of benzene rings is 1. The van der Waals surface area contributed by atoms with Crippen LogP contribution < -0.4 is 5.32 Å². The number of carbonyl (C=O) groups is 2. The van der Waals surface area contributed by atoms with E-state index in [-0.39, 0.29) is 34.4 Å². The number of piperidine rings is 1. The number of hydrogen-bond acceptors (Lipinski definition) is 4. The minimum absolute atomic E-state index is 0.0356. The summed E-state index contributed by atoms with van der Waals surface area (Å²) in [5.41, 5.74) is 0.517. The Hall–Kier alpha value is -1.50. The van der Waals surface area contributed by atoms with Gasteiger partial charge in [-0.05, 0) is 36.8 Å². The maximum absolute atomic E-state index is 12.7. The molecule has 2 heterocycles. The first-order chi connectivity index (χ1) is 12.2. The van der Waals surface area contributed by atoms with Crippen molar-refractivity contribution in [2.75, 3.05) is 6.54 Å². The molecule has 0 bridgehead atoms. The topological polar surface area (TPSA) is 89.9 Å². The highest BCUT2D eigenvalue weighted by Gasteiger charge is 2.47. The maximum Gasteiger partial charge on any atom is 0.248 e. The Morgan fingerprint density at radius 3 is 2.62 bits per heavy atom. The summed E-state index contributed by atoms with van der Waals surface area (Å²) < 4.78 is 0. The number of nitrogens with zero attached hydrogens (tertiary/aromatic N) is 1. The Bertz CT molecular complexity index is 740. The summed E-state index contributed by atoms with van der Waals surface area (Å²) >= 11 is 12.3. The minimum atomic E-state index is -0.934. The number of aromatic hydroxyl groups is 1. The second-order valence-corrected chi connectivity index (χ2v) is 8.07. The normalized spacial score (nSPS) is 27.3. The van der Waals surface area contributed by atoms with Gasteiger partial charge in [0.25, 0.3) is 0 Å². The molecule has 2 saturated heterocycles. The van der Waals surface area contributed by atoms with Crippen LogP contribution in [0.15, 0.2) is 12.1 Å². The van der Waals surface area contributed by atoms with Gasteiger partial charge in [-0.3, -0.25) is 9.59 Å². The lowest BCUT2D eigenvalue weighted by atomic mass is 9.82. The van der Waals surface area contributed by atoms with Gasteiger partial charge in [-0.25, -0.2) is 0 Å². The molecule has 2 fully saturated rings. The molecule has 4 atom stereocenters. The predicted molar refractivity (Wildman–Crippen MR) is 98.4 cm³/mol. The molecule has 1 aromatic carbocycles. The highest BCUT2D eigenvalue weighted by atomic mass is 35.5. The molecule has 3 rings (SSSR count). The average Bonchev–Trinajstić information content (AvgIpc) is 2.61. The van der Waals surface area contributed by atoms with E-state index < -0.39 is 18.2 Å². The summed E-state index contributed by atoms with van der Waals surface area (Å²) in [6.45, 7) is 3.95. The number of phenolic OH excluding ortho intramolecular Hbond substituents is 1. The lowest BCUT2D eigenvalue weighted by molar-refractivity contribution is -0.155. The Kier molecular flexibility index (Phi) is 5.37. The van der Waals surface area contributed by atoms with Crippen molar-refractivity contribution < 1.29 is 19.8 Å². The van der Waals surface area contributed by atoms with Crippen LogP contribution in [-0.4, -0.2) is 51.7 Å². The van der Waals surface area contributed by atoms with Gasteiger partial charge in [0, 0.05) is 12.1 Å². The molecule has 0 spiro atoms. The van der Waals surface area contributed by atoms with E-state index in [1.54, 1.807) is 13.8 Å². The molecule has 8 heteroatoms. The number of fused-ring (bicyclic) bond motifs is 1. The summed E-state index contributed by atoms with van der Waals surface area (Å²) in [5.74, 6) is -0.867. The van der Waals surface area contributed by atoms with Gasteiger partial charge in [0.1, 0.15) is 17.8 Å². The second kappa shape index (κ2) is 7.25. The summed E-state index contributed by atoms with van der Waals surface area (Å²) in [6, 6.07) is 1.44. The number of nitrogens with one attached hydrogen (secondary N) is 1. The molecule has 0 aromatic heterocycles. The molecule has 0 saturated carbocycles. The van der Waals surface area contributed by atoms with Crippen LogP contribution in [0.25, 0.3) is 0 Å².